The third-order valence-electron chi connectivity index (χ3n) is 4.78. The van der Waals surface area contributed by atoms with Gasteiger partial charge in [-0.15, -0.1) is 0 Å². The van der Waals surface area contributed by atoms with Crippen molar-refractivity contribution in [3.8, 4) is 0 Å². The molecule has 0 saturated heterocycles. The first-order valence-electron chi connectivity index (χ1n) is 8.26. The number of carbonyl (C=O) groups is 1. The Hall–Kier alpha value is -1.84. The average molecular weight is 300 g/mol. The van der Waals surface area contributed by atoms with Gasteiger partial charge in [0, 0.05) is 24.8 Å². The monoisotopic (exact) mass is 300 g/mol. The fourth-order valence-electron chi connectivity index (χ4n) is 3.64. The highest BCUT2D eigenvalue weighted by atomic mass is 16.5. The molecular formula is C18H24N2O2. The number of carbonyl (C=O) groups excluding carboxylic acids is 1. The number of aryl methyl sites for hydroxylation is 1. The van der Waals surface area contributed by atoms with Crippen LogP contribution in [0.2, 0.25) is 0 Å². The van der Waals surface area contributed by atoms with Crippen molar-refractivity contribution in [3.05, 3.63) is 30.0 Å². The molecule has 1 heterocycles. The Labute approximate surface area is 131 Å². The third kappa shape index (κ3) is 3.01. The summed E-state index contributed by atoms with van der Waals surface area (Å²) in [6.45, 7) is 2.34. The number of hydrogen-bond donors (Lipinski definition) is 0. The molecular weight excluding hydrogens is 276 g/mol. The lowest BCUT2D eigenvalue weighted by Gasteiger charge is -2.27. The maximum atomic E-state index is 11.6. The van der Waals surface area contributed by atoms with Gasteiger partial charge in [0.05, 0.1) is 17.8 Å². The van der Waals surface area contributed by atoms with Crippen LogP contribution in [-0.4, -0.2) is 22.4 Å². The molecule has 1 aliphatic carbocycles. The van der Waals surface area contributed by atoms with E-state index in [1.54, 1.807) is 0 Å². The number of benzene rings is 1. The molecule has 1 aromatic carbocycles. The van der Waals surface area contributed by atoms with Crippen LogP contribution in [0.1, 0.15) is 50.6 Å². The van der Waals surface area contributed by atoms with Crippen molar-refractivity contribution < 1.29 is 9.53 Å². The van der Waals surface area contributed by atoms with Crippen molar-refractivity contribution in [2.45, 2.75) is 44.9 Å². The highest BCUT2D eigenvalue weighted by Gasteiger charge is 2.27. The molecule has 22 heavy (non-hydrogen) atoms. The first-order valence-corrected chi connectivity index (χ1v) is 8.26. The molecule has 1 fully saturated rings. The van der Waals surface area contributed by atoms with Gasteiger partial charge in [-0.2, -0.15) is 5.10 Å². The van der Waals surface area contributed by atoms with Gasteiger partial charge in [0.2, 0.25) is 0 Å². The van der Waals surface area contributed by atoms with E-state index in [9.17, 15) is 4.79 Å². The van der Waals surface area contributed by atoms with E-state index >= 15 is 0 Å². The summed E-state index contributed by atoms with van der Waals surface area (Å²) in [5, 5.41) is 6.03. The van der Waals surface area contributed by atoms with Crippen molar-refractivity contribution in [2.75, 3.05) is 6.61 Å². The second-order valence-electron chi connectivity index (χ2n) is 6.25. The fraction of sp³-hybridized carbons (Fsp3) is 0.556. The van der Waals surface area contributed by atoms with Crippen LogP contribution in [0, 0.1) is 5.92 Å². The summed E-state index contributed by atoms with van der Waals surface area (Å²) < 4.78 is 7.04. The molecule has 0 aliphatic heterocycles. The van der Waals surface area contributed by atoms with E-state index in [0.29, 0.717) is 24.9 Å². The molecule has 1 saturated carbocycles. The number of ether oxygens (including phenoxy) is 1. The number of fused-ring (bicyclic) bond motifs is 1. The normalized spacial score (nSPS) is 21.9. The van der Waals surface area contributed by atoms with E-state index < -0.39 is 0 Å². The van der Waals surface area contributed by atoms with Crippen LogP contribution in [0.3, 0.4) is 0 Å². The molecule has 0 N–H and O–H groups in total. The lowest BCUT2D eigenvalue weighted by atomic mass is 9.78. The van der Waals surface area contributed by atoms with E-state index in [0.717, 1.165) is 25.7 Å². The SMILES string of the molecule is CCOC(=O)CC1CCC(c2nn(C)c3ccccc23)CC1. The molecule has 118 valence electrons. The Morgan fingerprint density at radius 2 is 2.00 bits per heavy atom. The molecule has 4 nitrogen and oxygen atoms in total. The zero-order valence-electron chi connectivity index (χ0n) is 13.4. The minimum atomic E-state index is -0.0470. The summed E-state index contributed by atoms with van der Waals surface area (Å²) in [7, 11) is 2.01. The van der Waals surface area contributed by atoms with Gasteiger partial charge in [0.15, 0.2) is 0 Å². The maximum Gasteiger partial charge on any atom is 0.306 e. The number of esters is 1. The Morgan fingerprint density at radius 1 is 1.27 bits per heavy atom. The first-order chi connectivity index (χ1) is 10.7. The van der Waals surface area contributed by atoms with Crippen molar-refractivity contribution >= 4 is 16.9 Å². The molecule has 2 aromatic rings. The van der Waals surface area contributed by atoms with Gasteiger partial charge in [0.1, 0.15) is 0 Å². The van der Waals surface area contributed by atoms with Gasteiger partial charge in [0.25, 0.3) is 0 Å². The molecule has 3 rings (SSSR count). The number of para-hydroxylation sites is 1. The van der Waals surface area contributed by atoms with Crippen LogP contribution in [-0.2, 0) is 16.6 Å². The Bertz CT molecular complexity index is 654. The molecule has 0 radical (unpaired) electrons. The number of nitrogens with zero attached hydrogens (tertiary/aromatic N) is 2. The van der Waals surface area contributed by atoms with E-state index in [2.05, 4.69) is 24.3 Å². The molecule has 0 unspecified atom stereocenters. The van der Waals surface area contributed by atoms with Gasteiger partial charge in [-0.05, 0) is 44.6 Å². The predicted molar refractivity (Wildman–Crippen MR) is 86.7 cm³/mol. The van der Waals surface area contributed by atoms with Gasteiger partial charge in [-0.1, -0.05) is 18.2 Å². The minimum Gasteiger partial charge on any atom is -0.466 e. The first kappa shape index (κ1) is 15.1. The third-order valence-corrected chi connectivity index (χ3v) is 4.78. The maximum absolute atomic E-state index is 11.6. The second kappa shape index (κ2) is 6.51. The van der Waals surface area contributed by atoms with Crippen molar-refractivity contribution in [1.29, 1.82) is 0 Å². The number of rotatable bonds is 4. The number of hydrogen-bond acceptors (Lipinski definition) is 3. The summed E-state index contributed by atoms with van der Waals surface area (Å²) in [5.74, 6) is 0.948. The standard InChI is InChI=1S/C18H24N2O2/c1-3-22-17(21)12-13-8-10-14(11-9-13)18-15-6-4-5-7-16(15)20(2)19-18/h4-7,13-14H,3,8-12H2,1-2H3. The van der Waals surface area contributed by atoms with Gasteiger partial charge < -0.3 is 4.74 Å². The predicted octanol–water partition coefficient (Wildman–Crippen LogP) is 3.80. The van der Waals surface area contributed by atoms with Crippen LogP contribution < -0.4 is 0 Å². The number of aromatic nitrogens is 2. The van der Waals surface area contributed by atoms with E-state index in [1.165, 1.54) is 16.6 Å². The van der Waals surface area contributed by atoms with Crippen LogP contribution in [0.4, 0.5) is 0 Å². The van der Waals surface area contributed by atoms with Crippen molar-refractivity contribution in [2.24, 2.45) is 13.0 Å². The van der Waals surface area contributed by atoms with Crippen molar-refractivity contribution in [1.82, 2.24) is 9.78 Å². The van der Waals surface area contributed by atoms with E-state index in [4.69, 9.17) is 9.84 Å². The fourth-order valence-corrected chi connectivity index (χ4v) is 3.64. The molecule has 0 bridgehead atoms. The zero-order chi connectivity index (χ0) is 15.5. The summed E-state index contributed by atoms with van der Waals surface area (Å²) in [6, 6.07) is 8.44. The van der Waals surface area contributed by atoms with Crippen LogP contribution in [0.5, 0.6) is 0 Å². The van der Waals surface area contributed by atoms with Gasteiger partial charge >= 0.3 is 5.97 Å². The minimum absolute atomic E-state index is 0.0470. The molecule has 1 aliphatic rings. The zero-order valence-corrected chi connectivity index (χ0v) is 13.4. The summed E-state index contributed by atoms with van der Waals surface area (Å²) in [4.78, 5) is 11.6. The van der Waals surface area contributed by atoms with E-state index in [1.807, 2.05) is 18.7 Å². The van der Waals surface area contributed by atoms with Gasteiger partial charge in [-0.3, -0.25) is 9.48 Å². The summed E-state index contributed by atoms with van der Waals surface area (Å²) >= 11 is 0. The van der Waals surface area contributed by atoms with Crippen LogP contribution >= 0.6 is 0 Å². The lowest BCUT2D eigenvalue weighted by molar-refractivity contribution is -0.144. The molecule has 0 atom stereocenters. The Morgan fingerprint density at radius 3 is 2.73 bits per heavy atom. The highest BCUT2D eigenvalue weighted by Crippen LogP contribution is 2.39. The highest BCUT2D eigenvalue weighted by molar-refractivity contribution is 5.82. The van der Waals surface area contributed by atoms with Crippen LogP contribution in [0.15, 0.2) is 24.3 Å². The summed E-state index contributed by atoms with van der Waals surface area (Å²) in [6.07, 6.45) is 4.99. The quantitative estimate of drug-likeness (QED) is 0.807. The van der Waals surface area contributed by atoms with Crippen LogP contribution in [0.25, 0.3) is 10.9 Å². The molecule has 4 heteroatoms. The second-order valence-corrected chi connectivity index (χ2v) is 6.25. The summed E-state index contributed by atoms with van der Waals surface area (Å²) in [5.41, 5.74) is 2.43. The van der Waals surface area contributed by atoms with E-state index in [-0.39, 0.29) is 5.97 Å². The average Bonchev–Trinajstić information content (AvgIpc) is 2.86. The smallest absolute Gasteiger partial charge is 0.306 e. The molecule has 1 aromatic heterocycles. The largest absolute Gasteiger partial charge is 0.466 e. The lowest BCUT2D eigenvalue weighted by Crippen LogP contribution is -2.18. The Balaban J connectivity index is 1.67. The topological polar surface area (TPSA) is 44.1 Å². The molecule has 0 spiro atoms. The Kier molecular flexibility index (Phi) is 4.46. The molecule has 0 amide bonds. The van der Waals surface area contributed by atoms with Gasteiger partial charge in [-0.25, -0.2) is 0 Å². The van der Waals surface area contributed by atoms with Crippen molar-refractivity contribution in [3.63, 3.8) is 0 Å².